The smallest absolute Gasteiger partial charge is 0.130 e. The van der Waals surface area contributed by atoms with E-state index in [2.05, 4.69) is 29.2 Å². The summed E-state index contributed by atoms with van der Waals surface area (Å²) in [5, 5.41) is 19.8. The van der Waals surface area contributed by atoms with Crippen molar-refractivity contribution in [2.75, 3.05) is 18.0 Å². The summed E-state index contributed by atoms with van der Waals surface area (Å²) in [7, 11) is 1.88. The van der Waals surface area contributed by atoms with Gasteiger partial charge >= 0.3 is 0 Å². The number of fused-ring (bicyclic) bond motifs is 2. The van der Waals surface area contributed by atoms with Crippen LogP contribution in [0.5, 0.6) is 5.75 Å². The molecule has 4 heterocycles. The summed E-state index contributed by atoms with van der Waals surface area (Å²) < 4.78 is 1.76. The maximum Gasteiger partial charge on any atom is 0.130 e. The molecule has 0 bridgehead atoms. The van der Waals surface area contributed by atoms with E-state index >= 15 is 0 Å². The summed E-state index contributed by atoms with van der Waals surface area (Å²) in [6, 6.07) is 10.9. The molecular formula is C24H28N6O. The second-order valence-electron chi connectivity index (χ2n) is 8.80. The van der Waals surface area contributed by atoms with Crippen molar-refractivity contribution in [1.29, 1.82) is 0 Å². The van der Waals surface area contributed by atoms with Gasteiger partial charge in [0.15, 0.2) is 0 Å². The van der Waals surface area contributed by atoms with Crippen molar-refractivity contribution in [1.82, 2.24) is 25.1 Å². The van der Waals surface area contributed by atoms with E-state index in [4.69, 9.17) is 9.97 Å². The summed E-state index contributed by atoms with van der Waals surface area (Å²) >= 11 is 0. The van der Waals surface area contributed by atoms with E-state index in [-0.39, 0.29) is 5.75 Å². The second-order valence-corrected chi connectivity index (χ2v) is 8.80. The van der Waals surface area contributed by atoms with E-state index in [1.807, 2.05) is 50.5 Å². The second kappa shape index (κ2) is 7.50. The van der Waals surface area contributed by atoms with Crippen LogP contribution in [0, 0.1) is 6.92 Å². The number of aromatic nitrogens is 4. The third-order valence-electron chi connectivity index (χ3n) is 6.01. The van der Waals surface area contributed by atoms with Crippen molar-refractivity contribution in [2.24, 2.45) is 7.05 Å². The van der Waals surface area contributed by atoms with Crippen LogP contribution >= 0.6 is 0 Å². The number of aryl methyl sites for hydroxylation is 2. The van der Waals surface area contributed by atoms with Gasteiger partial charge in [-0.25, -0.2) is 9.97 Å². The van der Waals surface area contributed by atoms with E-state index < -0.39 is 0 Å². The Morgan fingerprint density at radius 2 is 1.90 bits per heavy atom. The molecule has 1 fully saturated rings. The molecule has 7 nitrogen and oxygen atoms in total. The lowest BCUT2D eigenvalue weighted by atomic mass is 10.0. The van der Waals surface area contributed by atoms with E-state index in [0.717, 1.165) is 58.5 Å². The normalized spacial score (nSPS) is 16.8. The summed E-state index contributed by atoms with van der Waals surface area (Å²) in [5.74, 6) is 1.22. The Kier molecular flexibility index (Phi) is 4.78. The van der Waals surface area contributed by atoms with E-state index in [9.17, 15) is 5.11 Å². The molecule has 0 radical (unpaired) electrons. The molecule has 1 saturated heterocycles. The average Bonchev–Trinajstić information content (AvgIpc) is 3.35. The number of hydrogen-bond donors (Lipinski definition) is 2. The fourth-order valence-corrected chi connectivity index (χ4v) is 4.54. The number of phenols is 1. The van der Waals surface area contributed by atoms with Gasteiger partial charge in [0.1, 0.15) is 11.6 Å². The van der Waals surface area contributed by atoms with Crippen molar-refractivity contribution in [3.05, 3.63) is 42.1 Å². The molecule has 3 aromatic heterocycles. The number of pyridine rings is 2. The van der Waals surface area contributed by atoms with Crippen LogP contribution in [0.25, 0.3) is 33.2 Å². The highest BCUT2D eigenvalue weighted by Gasteiger charge is 2.24. The fraction of sp³-hybridized carbons (Fsp3) is 0.375. The highest BCUT2D eigenvalue weighted by atomic mass is 16.3. The average molecular weight is 417 g/mol. The number of nitrogens with one attached hydrogen (secondary N) is 1. The zero-order chi connectivity index (χ0) is 21.7. The van der Waals surface area contributed by atoms with Gasteiger partial charge in [0, 0.05) is 54.9 Å². The van der Waals surface area contributed by atoms with Crippen molar-refractivity contribution < 1.29 is 5.11 Å². The molecule has 4 aromatic rings. The molecule has 1 aromatic carbocycles. The van der Waals surface area contributed by atoms with Crippen LogP contribution in [0.15, 0.2) is 36.5 Å². The highest BCUT2D eigenvalue weighted by molar-refractivity contribution is 5.91. The summed E-state index contributed by atoms with van der Waals surface area (Å²) in [4.78, 5) is 12.0. The summed E-state index contributed by atoms with van der Waals surface area (Å²) in [5.41, 5.74) is 4.71. The quantitative estimate of drug-likeness (QED) is 0.527. The molecule has 160 valence electrons. The molecule has 31 heavy (non-hydrogen) atoms. The maximum absolute atomic E-state index is 10.8. The minimum absolute atomic E-state index is 0.225. The number of anilines is 1. The van der Waals surface area contributed by atoms with Gasteiger partial charge in [-0.05, 0) is 43.7 Å². The number of benzene rings is 1. The molecule has 0 saturated carbocycles. The van der Waals surface area contributed by atoms with Crippen LogP contribution < -0.4 is 10.2 Å². The molecule has 0 aliphatic carbocycles. The maximum atomic E-state index is 10.8. The van der Waals surface area contributed by atoms with Gasteiger partial charge in [-0.1, -0.05) is 13.8 Å². The highest BCUT2D eigenvalue weighted by Crippen LogP contribution is 2.36. The van der Waals surface area contributed by atoms with Crippen molar-refractivity contribution >= 4 is 27.8 Å². The number of rotatable bonds is 4. The molecule has 5 rings (SSSR count). The van der Waals surface area contributed by atoms with Crippen LogP contribution in [0.3, 0.4) is 0 Å². The Hall–Kier alpha value is -3.19. The third kappa shape index (κ3) is 3.59. The van der Waals surface area contributed by atoms with Gasteiger partial charge in [0.05, 0.1) is 22.2 Å². The minimum atomic E-state index is 0.225. The Morgan fingerprint density at radius 1 is 1.13 bits per heavy atom. The zero-order valence-electron chi connectivity index (χ0n) is 18.4. The lowest BCUT2D eigenvalue weighted by Gasteiger charge is -2.19. The summed E-state index contributed by atoms with van der Waals surface area (Å²) in [6.45, 7) is 8.24. The SMILES string of the molecule is Cc1c(O)c(-c2ccc3nc(N4CC[C@@H](NC(C)C)C4)ccc3n2)cc2cn(C)nc12. The molecule has 0 spiro atoms. The first-order valence-electron chi connectivity index (χ1n) is 10.8. The lowest BCUT2D eigenvalue weighted by molar-refractivity contribution is 0.474. The minimum Gasteiger partial charge on any atom is -0.507 e. The first kappa shape index (κ1) is 19.8. The zero-order valence-corrected chi connectivity index (χ0v) is 18.4. The third-order valence-corrected chi connectivity index (χ3v) is 6.01. The molecule has 7 heteroatoms. The standard InChI is InChI=1S/C24H28N6O/c1-14(2)25-17-9-10-30(13-17)22-8-7-20-21(27-22)6-5-19(26-20)18-11-16-12-29(4)28-23(16)15(3)24(18)31/h5-8,11-12,14,17,25,31H,9-10,13H2,1-4H3/t17-/m1/s1. The molecule has 0 amide bonds. The number of phenolic OH excluding ortho intramolecular Hbond substituents is 1. The fourth-order valence-electron chi connectivity index (χ4n) is 4.54. The summed E-state index contributed by atoms with van der Waals surface area (Å²) in [6.07, 6.45) is 3.09. The van der Waals surface area contributed by atoms with E-state index in [1.54, 1.807) is 4.68 Å². The monoisotopic (exact) mass is 416 g/mol. The van der Waals surface area contributed by atoms with Gasteiger partial charge in [-0.3, -0.25) is 4.68 Å². The lowest BCUT2D eigenvalue weighted by Crippen LogP contribution is -2.37. The van der Waals surface area contributed by atoms with Gasteiger partial charge in [-0.15, -0.1) is 0 Å². The van der Waals surface area contributed by atoms with Crippen LogP contribution in [0.2, 0.25) is 0 Å². The molecule has 1 aliphatic heterocycles. The molecule has 1 aliphatic rings. The van der Waals surface area contributed by atoms with Gasteiger partial charge in [0.25, 0.3) is 0 Å². The molecular weight excluding hydrogens is 388 g/mol. The number of hydrogen-bond acceptors (Lipinski definition) is 6. The van der Waals surface area contributed by atoms with Crippen molar-refractivity contribution in [3.63, 3.8) is 0 Å². The number of nitrogens with zero attached hydrogens (tertiary/aromatic N) is 5. The van der Waals surface area contributed by atoms with Gasteiger partial charge in [0.2, 0.25) is 0 Å². The van der Waals surface area contributed by atoms with Crippen LogP contribution in [0.4, 0.5) is 5.82 Å². The van der Waals surface area contributed by atoms with E-state index in [0.29, 0.717) is 17.6 Å². The molecule has 0 unspecified atom stereocenters. The Balaban J connectivity index is 1.47. The first-order valence-corrected chi connectivity index (χ1v) is 10.8. The van der Waals surface area contributed by atoms with E-state index in [1.165, 1.54) is 0 Å². The van der Waals surface area contributed by atoms with Gasteiger partial charge in [-0.2, -0.15) is 5.10 Å². The Morgan fingerprint density at radius 3 is 2.71 bits per heavy atom. The van der Waals surface area contributed by atoms with Crippen molar-refractivity contribution in [2.45, 2.75) is 39.3 Å². The Bertz CT molecular complexity index is 1280. The molecule has 2 N–H and O–H groups in total. The van der Waals surface area contributed by atoms with Crippen LogP contribution in [-0.2, 0) is 7.05 Å². The largest absolute Gasteiger partial charge is 0.507 e. The predicted molar refractivity (Wildman–Crippen MR) is 125 cm³/mol. The number of aromatic hydroxyl groups is 1. The Labute approximate surface area is 181 Å². The van der Waals surface area contributed by atoms with Crippen LogP contribution in [-0.4, -0.2) is 50.0 Å². The van der Waals surface area contributed by atoms with Crippen molar-refractivity contribution in [3.8, 4) is 17.0 Å². The molecule has 1 atom stereocenters. The van der Waals surface area contributed by atoms with Gasteiger partial charge < -0.3 is 15.3 Å². The first-order chi connectivity index (χ1) is 14.9. The predicted octanol–water partition coefficient (Wildman–Crippen LogP) is 3.77. The topological polar surface area (TPSA) is 79.1 Å². The van der Waals surface area contributed by atoms with Crippen LogP contribution in [0.1, 0.15) is 25.8 Å².